The zero-order chi connectivity index (χ0) is 13.2. The Morgan fingerprint density at radius 3 is 2.83 bits per heavy atom. The Balaban J connectivity index is 2.17. The minimum absolute atomic E-state index is 0.0776. The van der Waals surface area contributed by atoms with Gasteiger partial charge >= 0.3 is 0 Å². The highest BCUT2D eigenvalue weighted by Gasteiger charge is 2.31. The second-order valence-corrected chi connectivity index (χ2v) is 5.47. The van der Waals surface area contributed by atoms with E-state index >= 15 is 0 Å². The highest BCUT2D eigenvalue weighted by molar-refractivity contribution is 5.39. The Hall–Kier alpha value is -1.06. The highest BCUT2D eigenvalue weighted by atomic mass is 16.5. The largest absolute Gasteiger partial charge is 0.496 e. The third-order valence-corrected chi connectivity index (χ3v) is 3.64. The van der Waals surface area contributed by atoms with E-state index in [-0.39, 0.29) is 11.6 Å². The number of hydrogen-bond donors (Lipinski definition) is 1. The van der Waals surface area contributed by atoms with E-state index in [1.54, 1.807) is 7.11 Å². The first kappa shape index (κ1) is 13.4. The van der Waals surface area contributed by atoms with Gasteiger partial charge in [-0.3, -0.25) is 0 Å². The Morgan fingerprint density at radius 2 is 2.22 bits per heavy atom. The van der Waals surface area contributed by atoms with Crippen LogP contribution >= 0.6 is 0 Å². The molecule has 1 aromatic carbocycles. The van der Waals surface area contributed by atoms with E-state index in [1.807, 2.05) is 6.07 Å². The van der Waals surface area contributed by atoms with E-state index in [9.17, 15) is 0 Å². The van der Waals surface area contributed by atoms with Crippen LogP contribution in [0.25, 0.3) is 0 Å². The van der Waals surface area contributed by atoms with Gasteiger partial charge in [0, 0.05) is 23.8 Å². The monoisotopic (exact) mass is 249 g/mol. The van der Waals surface area contributed by atoms with Crippen molar-refractivity contribution in [3.05, 3.63) is 29.3 Å². The fraction of sp³-hybridized carbons (Fsp3) is 0.600. The van der Waals surface area contributed by atoms with Gasteiger partial charge < -0.3 is 14.8 Å². The van der Waals surface area contributed by atoms with Gasteiger partial charge in [0.1, 0.15) is 5.75 Å². The molecular formula is C15H23NO2. The van der Waals surface area contributed by atoms with Crippen LogP contribution in [-0.4, -0.2) is 25.9 Å². The van der Waals surface area contributed by atoms with Crippen molar-refractivity contribution in [2.24, 2.45) is 0 Å². The lowest BCUT2D eigenvalue weighted by atomic mass is 9.97. The molecule has 1 heterocycles. The van der Waals surface area contributed by atoms with E-state index in [0.29, 0.717) is 0 Å². The van der Waals surface area contributed by atoms with Crippen LogP contribution in [0.3, 0.4) is 0 Å². The maximum atomic E-state index is 5.48. The van der Waals surface area contributed by atoms with Crippen LogP contribution in [0.15, 0.2) is 18.2 Å². The lowest BCUT2D eigenvalue weighted by Gasteiger charge is -2.29. The number of rotatable bonds is 4. The summed E-state index contributed by atoms with van der Waals surface area (Å²) in [4.78, 5) is 0. The fourth-order valence-electron chi connectivity index (χ4n) is 2.57. The maximum absolute atomic E-state index is 5.48. The molecule has 3 nitrogen and oxygen atoms in total. The van der Waals surface area contributed by atoms with Gasteiger partial charge in [-0.05, 0) is 33.3 Å². The van der Waals surface area contributed by atoms with Gasteiger partial charge in [-0.1, -0.05) is 17.7 Å². The summed E-state index contributed by atoms with van der Waals surface area (Å²) < 4.78 is 10.9. The molecule has 1 aliphatic heterocycles. The van der Waals surface area contributed by atoms with Crippen LogP contribution in [0, 0.1) is 6.92 Å². The number of nitrogens with one attached hydrogen (secondary N) is 1. The Morgan fingerprint density at radius 1 is 1.44 bits per heavy atom. The average Bonchev–Trinajstić information content (AvgIpc) is 2.75. The van der Waals surface area contributed by atoms with E-state index in [1.165, 1.54) is 11.1 Å². The standard InChI is InChI=1S/C15H23NO2/c1-11-5-6-14(17-4)13(9-11)12(2)16-15(3)7-8-18-10-15/h5-6,9,12,16H,7-8,10H2,1-4H3/t12-,15-/m0/s1. The van der Waals surface area contributed by atoms with E-state index < -0.39 is 0 Å². The second-order valence-electron chi connectivity index (χ2n) is 5.47. The first-order valence-electron chi connectivity index (χ1n) is 6.54. The van der Waals surface area contributed by atoms with E-state index in [0.717, 1.165) is 25.4 Å². The molecule has 0 radical (unpaired) electrons. The van der Waals surface area contributed by atoms with Crippen LogP contribution in [0.5, 0.6) is 5.75 Å². The number of ether oxygens (including phenoxy) is 2. The third-order valence-electron chi connectivity index (χ3n) is 3.64. The lowest BCUT2D eigenvalue weighted by molar-refractivity contribution is 0.167. The average molecular weight is 249 g/mol. The predicted molar refractivity (Wildman–Crippen MR) is 73.1 cm³/mol. The first-order chi connectivity index (χ1) is 8.54. The Bertz CT molecular complexity index is 411. The molecule has 0 bridgehead atoms. The molecule has 3 heteroatoms. The fourth-order valence-corrected chi connectivity index (χ4v) is 2.57. The molecule has 1 aromatic rings. The number of methoxy groups -OCH3 is 1. The lowest BCUT2D eigenvalue weighted by Crippen LogP contribution is -2.44. The molecule has 0 amide bonds. The molecule has 2 rings (SSSR count). The molecule has 0 aromatic heterocycles. The minimum atomic E-state index is 0.0776. The summed E-state index contributed by atoms with van der Waals surface area (Å²) in [6.07, 6.45) is 1.06. The quantitative estimate of drug-likeness (QED) is 0.890. The molecule has 0 spiro atoms. The van der Waals surface area contributed by atoms with Gasteiger partial charge in [-0.2, -0.15) is 0 Å². The van der Waals surface area contributed by atoms with Crippen molar-refractivity contribution >= 4 is 0 Å². The van der Waals surface area contributed by atoms with Crippen LogP contribution in [0.4, 0.5) is 0 Å². The zero-order valence-electron chi connectivity index (χ0n) is 11.7. The van der Waals surface area contributed by atoms with Gasteiger partial charge in [0.15, 0.2) is 0 Å². The van der Waals surface area contributed by atoms with E-state index in [4.69, 9.17) is 9.47 Å². The van der Waals surface area contributed by atoms with Crippen LogP contribution in [0.1, 0.15) is 37.4 Å². The number of hydrogen-bond acceptors (Lipinski definition) is 3. The van der Waals surface area contributed by atoms with Gasteiger partial charge in [0.25, 0.3) is 0 Å². The highest BCUT2D eigenvalue weighted by Crippen LogP contribution is 2.29. The van der Waals surface area contributed by atoms with Crippen molar-refractivity contribution in [1.29, 1.82) is 0 Å². The molecule has 1 aliphatic rings. The Labute approximate surface area is 109 Å². The van der Waals surface area contributed by atoms with Gasteiger partial charge in [-0.25, -0.2) is 0 Å². The predicted octanol–water partition coefficient (Wildman–Crippen LogP) is 2.83. The minimum Gasteiger partial charge on any atom is -0.496 e. The number of aryl methyl sites for hydroxylation is 1. The molecule has 1 saturated heterocycles. The van der Waals surface area contributed by atoms with Gasteiger partial charge in [0.05, 0.1) is 13.7 Å². The van der Waals surface area contributed by atoms with Crippen molar-refractivity contribution in [1.82, 2.24) is 5.32 Å². The van der Waals surface area contributed by atoms with Crippen LogP contribution in [0.2, 0.25) is 0 Å². The molecule has 0 unspecified atom stereocenters. The molecule has 0 aliphatic carbocycles. The van der Waals surface area contributed by atoms with Crippen molar-refractivity contribution in [3.8, 4) is 5.75 Å². The SMILES string of the molecule is COc1ccc(C)cc1[C@H](C)N[C@@]1(C)CCOC1. The first-order valence-corrected chi connectivity index (χ1v) is 6.54. The summed E-state index contributed by atoms with van der Waals surface area (Å²) in [7, 11) is 1.72. The summed E-state index contributed by atoms with van der Waals surface area (Å²) >= 11 is 0. The normalized spacial score (nSPS) is 25.1. The van der Waals surface area contributed by atoms with Crippen molar-refractivity contribution in [2.75, 3.05) is 20.3 Å². The van der Waals surface area contributed by atoms with Gasteiger partial charge in [-0.15, -0.1) is 0 Å². The summed E-state index contributed by atoms with van der Waals surface area (Å²) in [5, 5.41) is 3.67. The summed E-state index contributed by atoms with van der Waals surface area (Å²) in [5.41, 5.74) is 2.55. The molecule has 2 atom stereocenters. The van der Waals surface area contributed by atoms with Gasteiger partial charge in [0.2, 0.25) is 0 Å². The summed E-state index contributed by atoms with van der Waals surface area (Å²) in [6.45, 7) is 8.14. The molecular weight excluding hydrogens is 226 g/mol. The Kier molecular flexibility index (Phi) is 3.93. The third kappa shape index (κ3) is 2.85. The topological polar surface area (TPSA) is 30.5 Å². The molecule has 0 saturated carbocycles. The van der Waals surface area contributed by atoms with E-state index in [2.05, 4.69) is 38.2 Å². The van der Waals surface area contributed by atoms with Crippen molar-refractivity contribution < 1.29 is 9.47 Å². The summed E-state index contributed by atoms with van der Waals surface area (Å²) in [6, 6.07) is 6.56. The number of benzene rings is 1. The van der Waals surface area contributed by atoms with Crippen molar-refractivity contribution in [3.63, 3.8) is 0 Å². The zero-order valence-corrected chi connectivity index (χ0v) is 11.7. The second kappa shape index (κ2) is 5.29. The maximum Gasteiger partial charge on any atom is 0.123 e. The molecule has 18 heavy (non-hydrogen) atoms. The van der Waals surface area contributed by atoms with Crippen LogP contribution < -0.4 is 10.1 Å². The smallest absolute Gasteiger partial charge is 0.123 e. The summed E-state index contributed by atoms with van der Waals surface area (Å²) in [5.74, 6) is 0.947. The molecule has 1 N–H and O–H groups in total. The molecule has 100 valence electrons. The van der Waals surface area contributed by atoms with Crippen molar-refractivity contribution in [2.45, 2.75) is 38.8 Å². The molecule has 1 fully saturated rings. The van der Waals surface area contributed by atoms with Crippen LogP contribution in [-0.2, 0) is 4.74 Å².